The number of aliphatic carboxylic acids is 2. The second-order valence-electron chi connectivity index (χ2n) is 5.84. The van der Waals surface area contributed by atoms with Crippen molar-refractivity contribution in [3.63, 3.8) is 0 Å². The fraction of sp³-hybridized carbons (Fsp3) is 0.800. The molecule has 4 N–H and O–H groups in total. The molecule has 1 atom stereocenters. The van der Waals surface area contributed by atoms with Crippen molar-refractivity contribution in [1.82, 2.24) is 10.6 Å². The van der Waals surface area contributed by atoms with Gasteiger partial charge >= 0.3 is 18.0 Å². The summed E-state index contributed by atoms with van der Waals surface area (Å²) in [6, 6.07) is -1.21. The van der Waals surface area contributed by atoms with Crippen LogP contribution in [0.25, 0.3) is 0 Å². The Kier molecular flexibility index (Phi) is 8.32. The Morgan fingerprint density at radius 2 is 1.68 bits per heavy atom. The highest BCUT2D eigenvalue weighted by Crippen LogP contribution is 2.17. The Morgan fingerprint density at radius 1 is 1.00 bits per heavy atom. The molecule has 0 bridgehead atoms. The van der Waals surface area contributed by atoms with Crippen LogP contribution in [0.3, 0.4) is 0 Å². The average molecular weight is 314 g/mol. The second kappa shape index (κ2) is 10.0. The van der Waals surface area contributed by atoms with Crippen LogP contribution < -0.4 is 10.6 Å². The molecule has 0 unspecified atom stereocenters. The van der Waals surface area contributed by atoms with E-state index in [1.807, 2.05) is 0 Å². The van der Waals surface area contributed by atoms with Gasteiger partial charge in [-0.25, -0.2) is 9.59 Å². The Balaban J connectivity index is 2.25. The van der Waals surface area contributed by atoms with Crippen LogP contribution in [0.5, 0.6) is 0 Å². The quantitative estimate of drug-likeness (QED) is 0.486. The molecule has 1 rings (SSSR count). The molecule has 126 valence electrons. The predicted octanol–water partition coefficient (Wildman–Crippen LogP) is 2.11. The monoisotopic (exact) mass is 314 g/mol. The molecule has 0 radical (unpaired) electrons. The number of carbonyl (C=O) groups excluding carboxylic acids is 1. The normalized spacial score (nSPS) is 16.7. The summed E-state index contributed by atoms with van der Waals surface area (Å²) in [6.45, 7) is 0. The highest BCUT2D eigenvalue weighted by Gasteiger charge is 2.21. The summed E-state index contributed by atoms with van der Waals surface area (Å²) in [5, 5.41) is 23.0. The van der Waals surface area contributed by atoms with Crippen LogP contribution in [0.2, 0.25) is 0 Å². The summed E-state index contributed by atoms with van der Waals surface area (Å²) in [5.41, 5.74) is 0. The number of carbonyl (C=O) groups is 3. The SMILES string of the molecule is O=C(O)CCCCC[C@H](NC(=O)NC1CCCCC1)C(=O)O. The van der Waals surface area contributed by atoms with Crippen molar-refractivity contribution in [1.29, 1.82) is 0 Å². The van der Waals surface area contributed by atoms with Crippen molar-refractivity contribution >= 4 is 18.0 Å². The van der Waals surface area contributed by atoms with Crippen molar-refractivity contribution in [2.45, 2.75) is 76.3 Å². The molecule has 7 nitrogen and oxygen atoms in total. The van der Waals surface area contributed by atoms with Crippen molar-refractivity contribution in [3.05, 3.63) is 0 Å². The van der Waals surface area contributed by atoms with Crippen LogP contribution in [-0.4, -0.2) is 40.3 Å². The molecule has 0 saturated heterocycles. The summed E-state index contributed by atoms with van der Waals surface area (Å²) in [7, 11) is 0. The molecule has 2 amide bonds. The minimum absolute atomic E-state index is 0.0906. The number of hydrogen-bond acceptors (Lipinski definition) is 3. The van der Waals surface area contributed by atoms with E-state index in [2.05, 4.69) is 10.6 Å². The van der Waals surface area contributed by atoms with Crippen molar-refractivity contribution in [3.8, 4) is 0 Å². The van der Waals surface area contributed by atoms with Gasteiger partial charge in [0, 0.05) is 12.5 Å². The number of carboxylic acids is 2. The van der Waals surface area contributed by atoms with E-state index in [1.165, 1.54) is 6.42 Å². The fourth-order valence-corrected chi connectivity index (χ4v) is 2.69. The first-order valence-electron chi connectivity index (χ1n) is 8.00. The lowest BCUT2D eigenvalue weighted by molar-refractivity contribution is -0.140. The lowest BCUT2D eigenvalue weighted by atomic mass is 9.96. The molecule has 1 fully saturated rings. The lowest BCUT2D eigenvalue weighted by Crippen LogP contribution is -2.49. The Labute approximate surface area is 130 Å². The highest BCUT2D eigenvalue weighted by molar-refractivity contribution is 5.82. The standard InChI is InChI=1S/C15H26N2O5/c18-13(19)10-6-2-5-9-12(14(20)21)17-15(22)16-11-7-3-1-4-8-11/h11-12H,1-10H2,(H,18,19)(H,20,21)(H2,16,17,22)/t12-/m0/s1. The number of amides is 2. The van der Waals surface area contributed by atoms with Gasteiger partial charge in [0.2, 0.25) is 0 Å². The first kappa shape index (κ1) is 18.3. The molecule has 1 aliphatic carbocycles. The molecule has 7 heteroatoms. The van der Waals surface area contributed by atoms with Gasteiger partial charge in [0.25, 0.3) is 0 Å². The fourth-order valence-electron chi connectivity index (χ4n) is 2.69. The Morgan fingerprint density at radius 3 is 2.27 bits per heavy atom. The smallest absolute Gasteiger partial charge is 0.326 e. The first-order chi connectivity index (χ1) is 10.5. The maximum atomic E-state index is 11.8. The van der Waals surface area contributed by atoms with Gasteiger partial charge in [-0.1, -0.05) is 32.1 Å². The van der Waals surface area contributed by atoms with E-state index < -0.39 is 24.0 Å². The molecule has 22 heavy (non-hydrogen) atoms. The summed E-state index contributed by atoms with van der Waals surface area (Å²) in [5.74, 6) is -1.91. The minimum Gasteiger partial charge on any atom is -0.481 e. The van der Waals surface area contributed by atoms with E-state index in [4.69, 9.17) is 10.2 Å². The maximum absolute atomic E-state index is 11.8. The summed E-state index contributed by atoms with van der Waals surface area (Å²) >= 11 is 0. The van der Waals surface area contributed by atoms with Crippen LogP contribution in [-0.2, 0) is 9.59 Å². The van der Waals surface area contributed by atoms with Crippen LogP contribution in [0.4, 0.5) is 4.79 Å². The zero-order valence-electron chi connectivity index (χ0n) is 12.8. The van der Waals surface area contributed by atoms with Crippen LogP contribution in [0.15, 0.2) is 0 Å². The number of nitrogens with one attached hydrogen (secondary N) is 2. The largest absolute Gasteiger partial charge is 0.481 e. The van der Waals surface area contributed by atoms with Crippen LogP contribution in [0.1, 0.15) is 64.2 Å². The summed E-state index contributed by atoms with van der Waals surface area (Å²) in [6.07, 6.45) is 7.41. The van der Waals surface area contributed by atoms with E-state index in [0.717, 1.165) is 25.7 Å². The van der Waals surface area contributed by atoms with Crippen molar-refractivity contribution in [2.24, 2.45) is 0 Å². The zero-order valence-corrected chi connectivity index (χ0v) is 12.8. The topological polar surface area (TPSA) is 116 Å². The molecule has 0 aromatic carbocycles. The molecule has 0 heterocycles. The van der Waals surface area contributed by atoms with Gasteiger partial charge in [0.15, 0.2) is 0 Å². The Hall–Kier alpha value is -1.79. The number of hydrogen-bond donors (Lipinski definition) is 4. The Bertz CT molecular complexity index is 380. The van der Waals surface area contributed by atoms with Gasteiger partial charge in [-0.2, -0.15) is 0 Å². The molecule has 0 aliphatic heterocycles. The second-order valence-corrected chi connectivity index (χ2v) is 5.84. The first-order valence-corrected chi connectivity index (χ1v) is 8.00. The third-order valence-electron chi connectivity index (χ3n) is 3.93. The van der Waals surface area contributed by atoms with Gasteiger partial charge in [0.1, 0.15) is 6.04 Å². The molecule has 1 aliphatic rings. The van der Waals surface area contributed by atoms with Gasteiger partial charge in [-0.05, 0) is 25.7 Å². The third kappa shape index (κ3) is 7.85. The van der Waals surface area contributed by atoms with E-state index in [-0.39, 0.29) is 12.5 Å². The number of carboxylic acid groups (broad SMARTS) is 2. The van der Waals surface area contributed by atoms with Gasteiger partial charge < -0.3 is 20.8 Å². The van der Waals surface area contributed by atoms with Gasteiger partial charge in [0.05, 0.1) is 0 Å². The molecular formula is C15H26N2O5. The van der Waals surface area contributed by atoms with E-state index in [0.29, 0.717) is 25.7 Å². The summed E-state index contributed by atoms with van der Waals surface area (Å²) < 4.78 is 0. The van der Waals surface area contributed by atoms with E-state index in [9.17, 15) is 14.4 Å². The van der Waals surface area contributed by atoms with Crippen molar-refractivity contribution < 1.29 is 24.6 Å². The van der Waals surface area contributed by atoms with Crippen LogP contribution in [0, 0.1) is 0 Å². The van der Waals surface area contributed by atoms with E-state index >= 15 is 0 Å². The molecule has 0 aromatic heterocycles. The molecule has 0 aromatic rings. The molecule has 1 saturated carbocycles. The van der Waals surface area contributed by atoms with Gasteiger partial charge in [-0.3, -0.25) is 4.79 Å². The summed E-state index contributed by atoms with van der Waals surface area (Å²) in [4.78, 5) is 33.4. The van der Waals surface area contributed by atoms with Crippen molar-refractivity contribution in [2.75, 3.05) is 0 Å². The van der Waals surface area contributed by atoms with Gasteiger partial charge in [-0.15, -0.1) is 0 Å². The van der Waals surface area contributed by atoms with E-state index in [1.54, 1.807) is 0 Å². The lowest BCUT2D eigenvalue weighted by Gasteiger charge is -2.24. The molecular weight excluding hydrogens is 288 g/mol. The maximum Gasteiger partial charge on any atom is 0.326 e. The average Bonchev–Trinajstić information content (AvgIpc) is 2.46. The number of urea groups is 1. The highest BCUT2D eigenvalue weighted by atomic mass is 16.4. The molecule has 0 spiro atoms. The number of unbranched alkanes of at least 4 members (excludes halogenated alkanes) is 2. The third-order valence-corrected chi connectivity index (χ3v) is 3.93. The zero-order chi connectivity index (χ0) is 16.4. The number of rotatable bonds is 9. The minimum atomic E-state index is -1.06. The van der Waals surface area contributed by atoms with Crippen LogP contribution >= 0.6 is 0 Å². The predicted molar refractivity (Wildman–Crippen MR) is 80.7 cm³/mol.